The Morgan fingerprint density at radius 2 is 1.66 bits per heavy atom. The van der Waals surface area contributed by atoms with Gasteiger partial charge in [-0.25, -0.2) is 9.78 Å². The van der Waals surface area contributed by atoms with Crippen molar-refractivity contribution in [2.45, 2.75) is 26.4 Å². The average molecular weight is 425 g/mol. The van der Waals surface area contributed by atoms with E-state index in [2.05, 4.69) is 10.3 Å². The van der Waals surface area contributed by atoms with Crippen LogP contribution in [-0.4, -0.2) is 24.4 Å². The van der Waals surface area contributed by atoms with Gasteiger partial charge in [-0.2, -0.15) is 0 Å². The first kappa shape index (κ1) is 19.8. The summed E-state index contributed by atoms with van der Waals surface area (Å²) in [7, 11) is 0. The molecule has 0 saturated heterocycles. The zero-order chi connectivity index (χ0) is 22.1. The Balaban J connectivity index is 1.27. The summed E-state index contributed by atoms with van der Waals surface area (Å²) in [6.45, 7) is 2.87. The van der Waals surface area contributed by atoms with Gasteiger partial charge in [0, 0.05) is 43.2 Å². The Morgan fingerprint density at radius 1 is 0.938 bits per heavy atom. The third-order valence-electron chi connectivity index (χ3n) is 5.63. The van der Waals surface area contributed by atoms with Crippen LogP contribution in [0.1, 0.15) is 13.3 Å². The number of carbonyl (C=O) groups excluding carboxylic acids is 1. The quantitative estimate of drug-likeness (QED) is 0.444. The Kier molecular flexibility index (Phi) is 5.07. The molecule has 7 nitrogen and oxygen atoms in total. The molecule has 7 heteroatoms. The second-order valence-electron chi connectivity index (χ2n) is 7.63. The van der Waals surface area contributed by atoms with Crippen LogP contribution in [0.5, 0.6) is 0 Å². The minimum Gasteiger partial charge on any atom is -0.326 e. The minimum absolute atomic E-state index is 0.0849. The summed E-state index contributed by atoms with van der Waals surface area (Å²) in [5.74, 6) is -0.134. The maximum atomic E-state index is 12.7. The fourth-order valence-corrected chi connectivity index (χ4v) is 4.03. The number of pyridine rings is 1. The van der Waals surface area contributed by atoms with Crippen molar-refractivity contribution in [3.63, 3.8) is 0 Å². The summed E-state index contributed by atoms with van der Waals surface area (Å²) in [6, 6.07) is 21.2. The lowest BCUT2D eigenvalue weighted by Crippen LogP contribution is -2.25. The number of fused-ring (bicyclic) bond motifs is 2. The van der Waals surface area contributed by atoms with Crippen molar-refractivity contribution >= 4 is 28.3 Å². The summed E-state index contributed by atoms with van der Waals surface area (Å²) < 4.78 is 5.37. The summed E-state index contributed by atoms with van der Waals surface area (Å²) in [5, 5.41) is 2.92. The molecular formula is C25H23N5O2. The summed E-state index contributed by atoms with van der Waals surface area (Å²) >= 11 is 0. The van der Waals surface area contributed by atoms with Crippen LogP contribution in [0.25, 0.3) is 27.9 Å². The Morgan fingerprint density at radius 3 is 2.38 bits per heavy atom. The molecule has 0 fully saturated rings. The van der Waals surface area contributed by atoms with Crippen LogP contribution >= 0.6 is 0 Å². The number of hydrogen-bond acceptors (Lipinski definition) is 3. The molecule has 0 bridgehead atoms. The van der Waals surface area contributed by atoms with Crippen LogP contribution in [0, 0.1) is 0 Å². The van der Waals surface area contributed by atoms with Gasteiger partial charge in [-0.15, -0.1) is 0 Å². The van der Waals surface area contributed by atoms with E-state index in [0.717, 1.165) is 27.9 Å². The molecule has 1 amide bonds. The highest BCUT2D eigenvalue weighted by atomic mass is 16.2. The standard InChI is InChI=1S/C25H23N5O2/c1-2-29-21-7-3-4-8-22(21)30(25(29)32)16-14-24(31)26-19-12-10-18(11-13-19)20-17-28-15-6-5-9-23(28)27-20/h3-13,15,17H,2,14,16H2,1H3,(H,26,31). The molecule has 0 unspecified atom stereocenters. The summed E-state index contributed by atoms with van der Waals surface area (Å²) in [6.07, 6.45) is 4.16. The van der Waals surface area contributed by atoms with Crippen molar-refractivity contribution in [3.05, 3.63) is 89.6 Å². The van der Waals surface area contributed by atoms with E-state index >= 15 is 0 Å². The van der Waals surface area contributed by atoms with Gasteiger partial charge in [-0.05, 0) is 43.3 Å². The molecule has 5 rings (SSSR count). The van der Waals surface area contributed by atoms with Crippen LogP contribution in [0.4, 0.5) is 5.69 Å². The summed E-state index contributed by atoms with van der Waals surface area (Å²) in [5.41, 5.74) is 5.11. The zero-order valence-electron chi connectivity index (χ0n) is 17.7. The average Bonchev–Trinajstić information content (AvgIpc) is 3.36. The van der Waals surface area contributed by atoms with E-state index in [4.69, 9.17) is 0 Å². The number of benzene rings is 2. The van der Waals surface area contributed by atoms with E-state index in [1.165, 1.54) is 0 Å². The van der Waals surface area contributed by atoms with E-state index in [1.54, 1.807) is 9.13 Å². The lowest BCUT2D eigenvalue weighted by molar-refractivity contribution is -0.116. The van der Waals surface area contributed by atoms with Gasteiger partial charge in [0.1, 0.15) is 5.65 Å². The highest BCUT2D eigenvalue weighted by Gasteiger charge is 2.13. The number of rotatable bonds is 6. The summed E-state index contributed by atoms with van der Waals surface area (Å²) in [4.78, 5) is 29.9. The van der Waals surface area contributed by atoms with Crippen molar-refractivity contribution in [1.29, 1.82) is 0 Å². The first-order chi connectivity index (χ1) is 15.6. The molecule has 3 heterocycles. The van der Waals surface area contributed by atoms with E-state index in [9.17, 15) is 9.59 Å². The number of amides is 1. The fourth-order valence-electron chi connectivity index (χ4n) is 4.03. The molecule has 0 aliphatic heterocycles. The predicted octanol–water partition coefficient (Wildman–Crippen LogP) is 4.17. The molecule has 0 spiro atoms. The molecule has 0 aliphatic rings. The van der Waals surface area contributed by atoms with Crippen LogP contribution in [0.2, 0.25) is 0 Å². The van der Waals surface area contributed by atoms with Crippen molar-refractivity contribution < 1.29 is 4.79 Å². The molecule has 1 N–H and O–H groups in total. The Bertz CT molecular complexity index is 1440. The number of anilines is 1. The van der Waals surface area contributed by atoms with Gasteiger partial charge >= 0.3 is 5.69 Å². The zero-order valence-corrected chi connectivity index (χ0v) is 17.7. The number of para-hydroxylation sites is 2. The van der Waals surface area contributed by atoms with Crippen molar-refractivity contribution in [1.82, 2.24) is 18.5 Å². The smallest absolute Gasteiger partial charge is 0.326 e. The Labute approximate surface area is 184 Å². The number of nitrogens with one attached hydrogen (secondary N) is 1. The van der Waals surface area contributed by atoms with Gasteiger partial charge in [0.15, 0.2) is 0 Å². The number of imidazole rings is 2. The molecule has 3 aromatic heterocycles. The molecule has 0 saturated carbocycles. The lowest BCUT2D eigenvalue weighted by Gasteiger charge is -2.07. The van der Waals surface area contributed by atoms with E-state index in [1.807, 2.05) is 90.4 Å². The Hall–Kier alpha value is -4.13. The van der Waals surface area contributed by atoms with Crippen molar-refractivity contribution in [2.24, 2.45) is 0 Å². The van der Waals surface area contributed by atoms with E-state index < -0.39 is 0 Å². The monoisotopic (exact) mass is 425 g/mol. The van der Waals surface area contributed by atoms with Gasteiger partial charge < -0.3 is 9.72 Å². The number of nitrogens with zero attached hydrogens (tertiary/aromatic N) is 4. The lowest BCUT2D eigenvalue weighted by atomic mass is 10.1. The highest BCUT2D eigenvalue weighted by molar-refractivity contribution is 5.91. The van der Waals surface area contributed by atoms with E-state index in [0.29, 0.717) is 18.8 Å². The predicted molar refractivity (Wildman–Crippen MR) is 126 cm³/mol. The van der Waals surface area contributed by atoms with Crippen LogP contribution in [0.3, 0.4) is 0 Å². The van der Waals surface area contributed by atoms with Gasteiger partial charge in [0.05, 0.1) is 16.7 Å². The second kappa shape index (κ2) is 8.19. The third kappa shape index (κ3) is 3.58. The molecule has 0 aliphatic carbocycles. The first-order valence-corrected chi connectivity index (χ1v) is 10.7. The van der Waals surface area contributed by atoms with Crippen molar-refractivity contribution in [3.8, 4) is 11.3 Å². The maximum Gasteiger partial charge on any atom is 0.329 e. The molecule has 5 aromatic rings. The second-order valence-corrected chi connectivity index (χ2v) is 7.63. The number of aromatic nitrogens is 4. The van der Waals surface area contributed by atoms with Crippen LogP contribution in [-0.2, 0) is 17.9 Å². The number of hydrogen-bond donors (Lipinski definition) is 1. The van der Waals surface area contributed by atoms with Gasteiger partial charge in [0.2, 0.25) is 5.91 Å². The third-order valence-corrected chi connectivity index (χ3v) is 5.63. The van der Waals surface area contributed by atoms with Crippen molar-refractivity contribution in [2.75, 3.05) is 5.32 Å². The molecule has 160 valence electrons. The maximum absolute atomic E-state index is 12.7. The fraction of sp³-hybridized carbons (Fsp3) is 0.160. The molecule has 2 aromatic carbocycles. The highest BCUT2D eigenvalue weighted by Crippen LogP contribution is 2.21. The van der Waals surface area contributed by atoms with Crippen LogP contribution < -0.4 is 11.0 Å². The normalized spacial score (nSPS) is 11.3. The molecular weight excluding hydrogens is 402 g/mol. The minimum atomic E-state index is -0.134. The van der Waals surface area contributed by atoms with Gasteiger partial charge in [-0.1, -0.05) is 30.3 Å². The van der Waals surface area contributed by atoms with Gasteiger partial charge in [0.25, 0.3) is 0 Å². The largest absolute Gasteiger partial charge is 0.329 e. The molecule has 32 heavy (non-hydrogen) atoms. The topological polar surface area (TPSA) is 73.3 Å². The molecule has 0 atom stereocenters. The number of aryl methyl sites for hydroxylation is 2. The first-order valence-electron chi connectivity index (χ1n) is 10.7. The van der Waals surface area contributed by atoms with E-state index in [-0.39, 0.29) is 18.0 Å². The molecule has 0 radical (unpaired) electrons. The number of carbonyl (C=O) groups is 1. The SMILES string of the molecule is CCn1c(=O)n(CCC(=O)Nc2ccc(-c3cn4ccccc4n3)cc2)c2ccccc21. The van der Waals surface area contributed by atoms with Crippen LogP contribution in [0.15, 0.2) is 83.9 Å². The van der Waals surface area contributed by atoms with Gasteiger partial charge in [-0.3, -0.25) is 13.9 Å².